The number of carbonyl (C=O) groups excluding carboxylic acids is 2. The molecule has 0 spiro atoms. The minimum atomic E-state index is -0.381. The summed E-state index contributed by atoms with van der Waals surface area (Å²) in [6, 6.07) is 14.3. The molecule has 0 bridgehead atoms. The maximum absolute atomic E-state index is 11.8. The van der Waals surface area contributed by atoms with Crippen LogP contribution in [0.4, 0.5) is 16.4 Å². The van der Waals surface area contributed by atoms with Gasteiger partial charge in [-0.2, -0.15) is 0 Å². The number of hydrogen-bond acceptors (Lipinski definition) is 9. The molecule has 5 rings (SSSR count). The molecule has 9 nitrogen and oxygen atoms in total. The van der Waals surface area contributed by atoms with Crippen molar-refractivity contribution >= 4 is 40.6 Å². The molecule has 1 aromatic carbocycles. The first-order valence-electron chi connectivity index (χ1n) is 12.7. The number of benzene rings is 1. The molecule has 2 aliphatic heterocycles. The first kappa shape index (κ1) is 25.9. The van der Waals surface area contributed by atoms with E-state index in [4.69, 9.17) is 0 Å². The second-order valence-electron chi connectivity index (χ2n) is 9.65. The Balaban J connectivity index is 1.15. The number of piperidine rings is 1. The standard InChI is InChI=1S/C28H31N7O2S/c1-34(2)23-7-3-5-20(15-23)25-21(6-4-11-30-25)18-29-17-19-9-13-35(14-10-19)27-31-12-8-22(32-27)16-24-26(36)33-28(37)38-24/h3-8,11-12,15-16,19,29H,9-10,13-14,17-18H2,1-2H3,(H,33,36,37). The van der Waals surface area contributed by atoms with Gasteiger partial charge < -0.3 is 15.1 Å². The average Bonchev–Trinajstić information content (AvgIpc) is 3.25. The highest BCUT2D eigenvalue weighted by Crippen LogP contribution is 2.27. The Kier molecular flexibility index (Phi) is 8.00. The van der Waals surface area contributed by atoms with E-state index in [0.29, 0.717) is 22.5 Å². The molecule has 2 fully saturated rings. The van der Waals surface area contributed by atoms with Crippen molar-refractivity contribution in [2.75, 3.05) is 43.5 Å². The zero-order valence-electron chi connectivity index (χ0n) is 21.6. The van der Waals surface area contributed by atoms with Gasteiger partial charge in [-0.3, -0.25) is 19.9 Å². The zero-order chi connectivity index (χ0) is 26.5. The van der Waals surface area contributed by atoms with Crippen LogP contribution in [-0.2, 0) is 11.3 Å². The van der Waals surface area contributed by atoms with Crippen molar-refractivity contribution in [1.29, 1.82) is 0 Å². The largest absolute Gasteiger partial charge is 0.378 e. The summed E-state index contributed by atoms with van der Waals surface area (Å²) in [5, 5.41) is 5.56. The predicted molar refractivity (Wildman–Crippen MR) is 152 cm³/mol. The third-order valence-electron chi connectivity index (χ3n) is 6.76. The number of amides is 2. The summed E-state index contributed by atoms with van der Waals surface area (Å²) in [5.74, 6) is 0.841. The molecule has 0 atom stereocenters. The molecule has 2 aromatic heterocycles. The maximum atomic E-state index is 11.8. The highest BCUT2D eigenvalue weighted by Gasteiger charge is 2.26. The van der Waals surface area contributed by atoms with E-state index in [1.807, 2.05) is 26.4 Å². The molecule has 10 heteroatoms. The topological polar surface area (TPSA) is 103 Å². The number of anilines is 2. The molecule has 4 heterocycles. The number of aromatic nitrogens is 3. The van der Waals surface area contributed by atoms with Gasteiger partial charge in [0.2, 0.25) is 5.95 Å². The number of pyridine rings is 1. The third kappa shape index (κ3) is 6.20. The number of hydrogen-bond donors (Lipinski definition) is 2. The molecule has 38 heavy (non-hydrogen) atoms. The number of thioether (sulfide) groups is 1. The van der Waals surface area contributed by atoms with Crippen molar-refractivity contribution in [3.05, 3.63) is 71.0 Å². The van der Waals surface area contributed by atoms with E-state index in [9.17, 15) is 9.59 Å². The van der Waals surface area contributed by atoms with Gasteiger partial charge in [-0.05, 0) is 73.0 Å². The van der Waals surface area contributed by atoms with Crippen LogP contribution in [0.2, 0.25) is 0 Å². The van der Waals surface area contributed by atoms with Gasteiger partial charge in [-0.25, -0.2) is 9.97 Å². The van der Waals surface area contributed by atoms with Crippen LogP contribution >= 0.6 is 11.8 Å². The Bertz CT molecular complexity index is 1350. The Morgan fingerprint density at radius 3 is 2.71 bits per heavy atom. The van der Waals surface area contributed by atoms with Gasteiger partial charge in [-0.15, -0.1) is 0 Å². The summed E-state index contributed by atoms with van der Waals surface area (Å²) in [6.45, 7) is 3.45. The maximum Gasteiger partial charge on any atom is 0.290 e. The van der Waals surface area contributed by atoms with Crippen molar-refractivity contribution in [3.63, 3.8) is 0 Å². The van der Waals surface area contributed by atoms with Gasteiger partial charge in [-0.1, -0.05) is 18.2 Å². The highest BCUT2D eigenvalue weighted by atomic mass is 32.2. The molecule has 3 aromatic rings. The van der Waals surface area contributed by atoms with Gasteiger partial charge in [0.1, 0.15) is 0 Å². The van der Waals surface area contributed by atoms with Crippen LogP contribution in [0.1, 0.15) is 24.1 Å². The monoisotopic (exact) mass is 529 g/mol. The fourth-order valence-electron chi connectivity index (χ4n) is 4.67. The third-order valence-corrected chi connectivity index (χ3v) is 7.57. The zero-order valence-corrected chi connectivity index (χ0v) is 22.4. The van der Waals surface area contributed by atoms with Crippen molar-refractivity contribution in [1.82, 2.24) is 25.6 Å². The van der Waals surface area contributed by atoms with Crippen LogP contribution in [-0.4, -0.2) is 59.8 Å². The lowest BCUT2D eigenvalue weighted by atomic mass is 9.96. The van der Waals surface area contributed by atoms with Crippen LogP contribution in [0.15, 0.2) is 59.8 Å². The van der Waals surface area contributed by atoms with E-state index in [1.165, 1.54) is 5.56 Å². The lowest BCUT2D eigenvalue weighted by Crippen LogP contribution is -2.38. The lowest BCUT2D eigenvalue weighted by Gasteiger charge is -2.32. The minimum absolute atomic E-state index is 0.353. The minimum Gasteiger partial charge on any atom is -0.378 e. The second-order valence-corrected chi connectivity index (χ2v) is 10.7. The van der Waals surface area contributed by atoms with Gasteiger partial charge in [0, 0.05) is 57.4 Å². The SMILES string of the molecule is CN(C)c1cccc(-c2ncccc2CNCC2CCN(c3nccc(C=C4SC(=O)NC4=O)n3)CC2)c1. The molecular weight excluding hydrogens is 498 g/mol. The van der Waals surface area contributed by atoms with E-state index in [2.05, 4.69) is 65.7 Å². The summed E-state index contributed by atoms with van der Waals surface area (Å²) in [5.41, 5.74) is 5.11. The quantitative estimate of drug-likeness (QED) is 0.420. The van der Waals surface area contributed by atoms with Crippen LogP contribution in [0.5, 0.6) is 0 Å². The van der Waals surface area contributed by atoms with Crippen molar-refractivity contribution < 1.29 is 9.59 Å². The molecule has 0 saturated carbocycles. The molecule has 196 valence electrons. The van der Waals surface area contributed by atoms with E-state index in [-0.39, 0.29) is 11.1 Å². The van der Waals surface area contributed by atoms with E-state index in [0.717, 1.165) is 67.7 Å². The van der Waals surface area contributed by atoms with E-state index in [1.54, 1.807) is 18.3 Å². The summed E-state index contributed by atoms with van der Waals surface area (Å²) in [7, 11) is 4.09. The summed E-state index contributed by atoms with van der Waals surface area (Å²) in [6.07, 6.45) is 7.27. The van der Waals surface area contributed by atoms with Crippen molar-refractivity contribution in [3.8, 4) is 11.3 Å². The summed E-state index contributed by atoms with van der Waals surface area (Å²) >= 11 is 0.892. The van der Waals surface area contributed by atoms with Crippen LogP contribution < -0.4 is 20.4 Å². The van der Waals surface area contributed by atoms with Crippen LogP contribution in [0, 0.1) is 5.92 Å². The Labute approximate surface area is 226 Å². The predicted octanol–water partition coefficient (Wildman–Crippen LogP) is 3.93. The molecular formula is C28H31N7O2S. The molecule has 2 aliphatic rings. The van der Waals surface area contributed by atoms with Crippen molar-refractivity contribution in [2.24, 2.45) is 5.92 Å². The summed E-state index contributed by atoms with van der Waals surface area (Å²) < 4.78 is 0. The first-order valence-corrected chi connectivity index (χ1v) is 13.5. The molecule has 2 amide bonds. The number of rotatable bonds is 8. The van der Waals surface area contributed by atoms with Gasteiger partial charge in [0.25, 0.3) is 11.1 Å². The molecule has 0 radical (unpaired) electrons. The lowest BCUT2D eigenvalue weighted by molar-refractivity contribution is -0.115. The fourth-order valence-corrected chi connectivity index (χ4v) is 5.34. The van der Waals surface area contributed by atoms with E-state index >= 15 is 0 Å². The van der Waals surface area contributed by atoms with Gasteiger partial charge in [0.05, 0.1) is 16.3 Å². The highest BCUT2D eigenvalue weighted by molar-refractivity contribution is 8.18. The summed E-state index contributed by atoms with van der Waals surface area (Å²) in [4.78, 5) is 41.6. The normalized spacial score (nSPS) is 17.2. The number of imide groups is 1. The molecule has 0 unspecified atom stereocenters. The molecule has 0 aliphatic carbocycles. The second kappa shape index (κ2) is 11.7. The van der Waals surface area contributed by atoms with Crippen molar-refractivity contribution in [2.45, 2.75) is 19.4 Å². The first-order chi connectivity index (χ1) is 18.5. The van der Waals surface area contributed by atoms with E-state index < -0.39 is 0 Å². The van der Waals surface area contributed by atoms with Gasteiger partial charge in [0.15, 0.2) is 0 Å². The Hall–Kier alpha value is -3.76. The fraction of sp³-hybridized carbons (Fsp3) is 0.321. The smallest absolute Gasteiger partial charge is 0.290 e. The Morgan fingerprint density at radius 1 is 1.11 bits per heavy atom. The average molecular weight is 530 g/mol. The van der Waals surface area contributed by atoms with Crippen LogP contribution in [0.25, 0.3) is 17.3 Å². The molecule has 2 N–H and O–H groups in total. The Morgan fingerprint density at radius 2 is 1.95 bits per heavy atom. The number of carbonyl (C=O) groups is 2. The number of nitrogens with zero attached hydrogens (tertiary/aromatic N) is 5. The van der Waals surface area contributed by atoms with Crippen LogP contribution in [0.3, 0.4) is 0 Å². The number of nitrogens with one attached hydrogen (secondary N) is 2. The van der Waals surface area contributed by atoms with Gasteiger partial charge >= 0.3 is 0 Å². The molecule has 2 saturated heterocycles.